The highest BCUT2D eigenvalue weighted by Gasteiger charge is 2.28. The van der Waals surface area contributed by atoms with E-state index in [4.69, 9.17) is 15.0 Å². The summed E-state index contributed by atoms with van der Waals surface area (Å²) in [7, 11) is 1.30. The fraction of sp³-hybridized carbons (Fsp3) is 0.444. The fourth-order valence-electron chi connectivity index (χ4n) is 2.26. The van der Waals surface area contributed by atoms with Crippen molar-refractivity contribution in [2.45, 2.75) is 44.9 Å². The SMILES string of the molecule is CO[C@H](C(=O)N[C@@H](CCC(=O)C=[N+]=[N-])C(=O)OC(C)C)c1ccc(F)cc1. The Hall–Kier alpha value is -2.90. The number of hydrogen-bond acceptors (Lipinski definition) is 5. The summed E-state index contributed by atoms with van der Waals surface area (Å²) in [6, 6.07) is 4.06. The number of rotatable bonds is 10. The van der Waals surface area contributed by atoms with Gasteiger partial charge in [0.05, 0.1) is 6.10 Å². The third-order valence-corrected chi connectivity index (χ3v) is 3.48. The number of ketones is 1. The van der Waals surface area contributed by atoms with Crippen molar-refractivity contribution in [3.8, 4) is 0 Å². The molecule has 0 aliphatic rings. The van der Waals surface area contributed by atoms with E-state index in [1.807, 2.05) is 0 Å². The number of methoxy groups -OCH3 is 1. The van der Waals surface area contributed by atoms with E-state index in [1.54, 1.807) is 13.8 Å². The monoisotopic (exact) mass is 379 g/mol. The second-order valence-electron chi connectivity index (χ2n) is 5.96. The average Bonchev–Trinajstić information content (AvgIpc) is 2.60. The van der Waals surface area contributed by atoms with Crippen LogP contribution >= 0.6 is 0 Å². The standard InChI is InChI=1S/C18H22FN3O5/c1-11(2)27-18(25)15(9-8-14(23)10-21-20)22-17(24)16(26-3)12-4-6-13(19)7-5-12/h4-7,10-11,15-16H,8-9H2,1-3H3,(H,22,24)/t15-,16-/m0/s1. The van der Waals surface area contributed by atoms with Crippen LogP contribution in [-0.2, 0) is 23.9 Å². The van der Waals surface area contributed by atoms with E-state index in [1.165, 1.54) is 31.4 Å². The van der Waals surface area contributed by atoms with E-state index in [0.29, 0.717) is 11.8 Å². The van der Waals surface area contributed by atoms with Gasteiger partial charge in [-0.25, -0.2) is 9.18 Å². The molecule has 0 saturated carbocycles. The molecule has 0 radical (unpaired) electrons. The van der Waals surface area contributed by atoms with Crippen molar-refractivity contribution in [2.75, 3.05) is 7.11 Å². The molecule has 0 aliphatic heterocycles. The molecule has 0 aromatic heterocycles. The van der Waals surface area contributed by atoms with Gasteiger partial charge in [0, 0.05) is 13.5 Å². The molecule has 0 heterocycles. The number of nitrogens with zero attached hydrogens (tertiary/aromatic N) is 2. The van der Waals surface area contributed by atoms with Crippen LogP contribution in [0, 0.1) is 5.82 Å². The summed E-state index contributed by atoms with van der Waals surface area (Å²) < 4.78 is 23.3. The first kappa shape index (κ1) is 22.1. The van der Waals surface area contributed by atoms with Crippen LogP contribution in [0.25, 0.3) is 5.53 Å². The Bertz CT molecular complexity index is 714. The third-order valence-electron chi connectivity index (χ3n) is 3.48. The quantitative estimate of drug-likeness (QED) is 0.287. The van der Waals surface area contributed by atoms with Crippen LogP contribution in [0.1, 0.15) is 38.4 Å². The first-order valence-corrected chi connectivity index (χ1v) is 8.27. The highest BCUT2D eigenvalue weighted by atomic mass is 19.1. The molecule has 1 amide bonds. The van der Waals surface area contributed by atoms with Gasteiger partial charge in [0.25, 0.3) is 5.91 Å². The van der Waals surface area contributed by atoms with Crippen molar-refractivity contribution in [1.29, 1.82) is 0 Å². The molecular formula is C18H22FN3O5. The molecule has 8 nitrogen and oxygen atoms in total. The molecule has 0 unspecified atom stereocenters. The minimum absolute atomic E-state index is 0.0536. The van der Waals surface area contributed by atoms with Crippen molar-refractivity contribution in [3.05, 3.63) is 41.2 Å². The number of carbonyl (C=O) groups is 3. The second-order valence-corrected chi connectivity index (χ2v) is 5.96. The molecule has 0 saturated heterocycles. The Morgan fingerprint density at radius 1 is 1.26 bits per heavy atom. The topological polar surface area (TPSA) is 118 Å². The lowest BCUT2D eigenvalue weighted by Gasteiger charge is -2.22. The van der Waals surface area contributed by atoms with E-state index in [0.717, 1.165) is 0 Å². The summed E-state index contributed by atoms with van der Waals surface area (Å²) in [5.74, 6) is -2.33. The van der Waals surface area contributed by atoms with Crippen molar-refractivity contribution in [1.82, 2.24) is 5.32 Å². The summed E-state index contributed by atoms with van der Waals surface area (Å²) in [5.41, 5.74) is 8.77. The molecule has 9 heteroatoms. The molecular weight excluding hydrogens is 357 g/mol. The summed E-state index contributed by atoms with van der Waals surface area (Å²) in [6.07, 6.45) is -0.974. The number of carbonyl (C=O) groups excluding carboxylic acids is 3. The fourth-order valence-corrected chi connectivity index (χ4v) is 2.26. The Morgan fingerprint density at radius 3 is 2.41 bits per heavy atom. The van der Waals surface area contributed by atoms with Gasteiger partial charge < -0.3 is 20.3 Å². The lowest BCUT2D eigenvalue weighted by molar-refractivity contribution is -0.152. The highest BCUT2D eigenvalue weighted by Crippen LogP contribution is 2.18. The van der Waals surface area contributed by atoms with Gasteiger partial charge >= 0.3 is 12.2 Å². The number of nitrogens with one attached hydrogen (secondary N) is 1. The lowest BCUT2D eigenvalue weighted by atomic mass is 10.1. The molecule has 1 aromatic rings. The summed E-state index contributed by atoms with van der Waals surface area (Å²) in [4.78, 5) is 38.9. The van der Waals surface area contributed by atoms with Gasteiger partial charge in [0.15, 0.2) is 6.10 Å². The van der Waals surface area contributed by atoms with Gasteiger partial charge in [0.2, 0.25) is 5.78 Å². The van der Waals surface area contributed by atoms with Crippen LogP contribution in [0.15, 0.2) is 24.3 Å². The van der Waals surface area contributed by atoms with Crippen LogP contribution in [0.4, 0.5) is 4.39 Å². The molecule has 0 spiro atoms. The summed E-state index contributed by atoms with van der Waals surface area (Å²) >= 11 is 0. The molecule has 2 atom stereocenters. The first-order valence-electron chi connectivity index (χ1n) is 8.27. The number of halogens is 1. The Labute approximate surface area is 156 Å². The van der Waals surface area contributed by atoms with Crippen molar-refractivity contribution < 1.29 is 33.0 Å². The molecule has 0 fully saturated rings. The zero-order chi connectivity index (χ0) is 20.4. The third kappa shape index (κ3) is 7.47. The van der Waals surface area contributed by atoms with Crippen LogP contribution in [0.2, 0.25) is 0 Å². The zero-order valence-corrected chi connectivity index (χ0v) is 15.3. The van der Waals surface area contributed by atoms with Crippen LogP contribution in [-0.4, -0.2) is 47.9 Å². The molecule has 146 valence electrons. The summed E-state index contributed by atoms with van der Waals surface area (Å²) in [5, 5.41) is 2.49. The Balaban J connectivity index is 2.91. The number of Topliss-reactive ketones (excluding diaryl/α,β-unsaturated/α-hetero) is 1. The predicted molar refractivity (Wildman–Crippen MR) is 93.2 cm³/mol. The Kier molecular flexibility index (Phi) is 8.98. The van der Waals surface area contributed by atoms with Crippen molar-refractivity contribution in [2.24, 2.45) is 0 Å². The number of esters is 1. The number of hydrogen-bond donors (Lipinski definition) is 1. The molecule has 0 bridgehead atoms. The number of benzene rings is 1. The number of amides is 1. The van der Waals surface area contributed by atoms with Crippen molar-refractivity contribution in [3.63, 3.8) is 0 Å². The van der Waals surface area contributed by atoms with Gasteiger partial charge in [-0.15, -0.1) is 0 Å². The highest BCUT2D eigenvalue weighted by molar-refractivity contribution is 6.25. The first-order chi connectivity index (χ1) is 12.8. The van der Waals surface area contributed by atoms with Crippen LogP contribution in [0.3, 0.4) is 0 Å². The van der Waals surface area contributed by atoms with Gasteiger partial charge in [-0.3, -0.25) is 9.59 Å². The molecule has 1 rings (SSSR count). The maximum atomic E-state index is 13.1. The molecule has 0 aliphatic carbocycles. The van der Waals surface area contributed by atoms with Crippen molar-refractivity contribution >= 4 is 23.9 Å². The van der Waals surface area contributed by atoms with Gasteiger partial charge in [-0.05, 0) is 38.0 Å². The second kappa shape index (κ2) is 10.9. The summed E-state index contributed by atoms with van der Waals surface area (Å²) in [6.45, 7) is 3.30. The van der Waals surface area contributed by atoms with Crippen LogP contribution < -0.4 is 5.32 Å². The molecule has 1 aromatic carbocycles. The van der Waals surface area contributed by atoms with E-state index in [2.05, 4.69) is 10.1 Å². The maximum absolute atomic E-state index is 13.1. The van der Waals surface area contributed by atoms with Gasteiger partial charge in [0.1, 0.15) is 11.9 Å². The average molecular weight is 379 g/mol. The zero-order valence-electron chi connectivity index (χ0n) is 15.3. The largest absolute Gasteiger partial charge is 0.461 e. The smallest absolute Gasteiger partial charge is 0.328 e. The van der Waals surface area contributed by atoms with E-state index in [9.17, 15) is 18.8 Å². The van der Waals surface area contributed by atoms with Crippen LogP contribution in [0.5, 0.6) is 0 Å². The lowest BCUT2D eigenvalue weighted by Crippen LogP contribution is -2.45. The van der Waals surface area contributed by atoms with Gasteiger partial charge in [-0.1, -0.05) is 12.1 Å². The molecule has 27 heavy (non-hydrogen) atoms. The van der Waals surface area contributed by atoms with E-state index in [-0.39, 0.29) is 12.8 Å². The van der Waals surface area contributed by atoms with Gasteiger partial charge in [-0.2, -0.15) is 4.79 Å². The maximum Gasteiger partial charge on any atom is 0.328 e. The minimum atomic E-state index is -1.10. The minimum Gasteiger partial charge on any atom is -0.461 e. The molecule has 1 N–H and O–H groups in total. The predicted octanol–water partition coefficient (Wildman–Crippen LogP) is 1.60. The van der Waals surface area contributed by atoms with E-state index < -0.39 is 41.7 Å². The Morgan fingerprint density at radius 2 is 1.89 bits per heavy atom. The number of ether oxygens (including phenoxy) is 2. The van der Waals surface area contributed by atoms with E-state index >= 15 is 0 Å². The normalized spacial score (nSPS) is 12.6.